The zero-order valence-corrected chi connectivity index (χ0v) is 18.3. The molecular formula is C21H30ClN7O. The van der Waals surface area contributed by atoms with Crippen molar-refractivity contribution in [1.29, 1.82) is 0 Å². The van der Waals surface area contributed by atoms with E-state index in [1.807, 2.05) is 37.3 Å². The predicted molar refractivity (Wildman–Crippen MR) is 122 cm³/mol. The number of anilines is 1. The van der Waals surface area contributed by atoms with Gasteiger partial charge in [-0.15, -0.1) is 0 Å². The highest BCUT2D eigenvalue weighted by Crippen LogP contribution is 2.16. The van der Waals surface area contributed by atoms with Gasteiger partial charge in [0.15, 0.2) is 5.96 Å². The molecular weight excluding hydrogens is 402 g/mol. The maximum Gasteiger partial charge on any atom is 0.225 e. The van der Waals surface area contributed by atoms with E-state index in [0.29, 0.717) is 11.6 Å². The summed E-state index contributed by atoms with van der Waals surface area (Å²) in [6.45, 7) is 8.33. The Hall–Kier alpha value is -2.58. The van der Waals surface area contributed by atoms with E-state index in [9.17, 15) is 0 Å². The van der Waals surface area contributed by atoms with Gasteiger partial charge in [-0.25, -0.2) is 9.97 Å². The molecule has 0 aliphatic carbocycles. The minimum atomic E-state index is -0.00184. The Morgan fingerprint density at radius 3 is 2.50 bits per heavy atom. The number of piperazine rings is 1. The van der Waals surface area contributed by atoms with Crippen LogP contribution in [0.4, 0.5) is 5.95 Å². The SMILES string of the molecule is CN=C(NCCN1CCN(c2ncccn2)CC1)NCC(C)Oc1ccc(Cl)cc1. The normalized spacial score (nSPS) is 16.2. The first-order valence-electron chi connectivity index (χ1n) is 10.2. The van der Waals surface area contributed by atoms with Crippen LogP contribution in [0.1, 0.15) is 6.92 Å². The third-order valence-corrected chi connectivity index (χ3v) is 5.11. The van der Waals surface area contributed by atoms with Crippen molar-refractivity contribution in [2.75, 3.05) is 57.8 Å². The first-order valence-corrected chi connectivity index (χ1v) is 10.6. The number of hydrogen-bond acceptors (Lipinski definition) is 6. The highest BCUT2D eigenvalue weighted by molar-refractivity contribution is 6.30. The Kier molecular flexibility index (Phi) is 8.53. The lowest BCUT2D eigenvalue weighted by atomic mass is 10.3. The molecule has 0 spiro atoms. The largest absolute Gasteiger partial charge is 0.489 e. The number of ether oxygens (including phenoxy) is 1. The fourth-order valence-electron chi connectivity index (χ4n) is 3.21. The van der Waals surface area contributed by atoms with E-state index < -0.39 is 0 Å². The van der Waals surface area contributed by atoms with Crippen molar-refractivity contribution in [3.05, 3.63) is 47.7 Å². The lowest BCUT2D eigenvalue weighted by molar-refractivity contribution is 0.223. The van der Waals surface area contributed by atoms with Crippen LogP contribution < -0.4 is 20.3 Å². The highest BCUT2D eigenvalue weighted by Gasteiger charge is 2.18. The van der Waals surface area contributed by atoms with Crippen LogP contribution in [0, 0.1) is 0 Å². The van der Waals surface area contributed by atoms with Gasteiger partial charge in [-0.1, -0.05) is 11.6 Å². The van der Waals surface area contributed by atoms with Crippen LogP contribution in [0.2, 0.25) is 5.02 Å². The van der Waals surface area contributed by atoms with Gasteiger partial charge in [0.05, 0.1) is 6.54 Å². The zero-order valence-electron chi connectivity index (χ0n) is 17.6. The average Bonchev–Trinajstić information content (AvgIpc) is 2.78. The third-order valence-electron chi connectivity index (χ3n) is 4.86. The van der Waals surface area contributed by atoms with Crippen molar-refractivity contribution >= 4 is 23.5 Å². The maximum absolute atomic E-state index is 5.91. The van der Waals surface area contributed by atoms with Crippen molar-refractivity contribution in [1.82, 2.24) is 25.5 Å². The molecule has 9 heteroatoms. The van der Waals surface area contributed by atoms with E-state index in [4.69, 9.17) is 16.3 Å². The Balaban J connectivity index is 1.31. The molecule has 1 aromatic heterocycles. The van der Waals surface area contributed by atoms with Gasteiger partial charge < -0.3 is 20.3 Å². The molecule has 1 aliphatic rings. The summed E-state index contributed by atoms with van der Waals surface area (Å²) in [5.41, 5.74) is 0. The van der Waals surface area contributed by atoms with Gasteiger partial charge in [0.25, 0.3) is 0 Å². The quantitative estimate of drug-likeness (QED) is 0.488. The number of nitrogens with zero attached hydrogens (tertiary/aromatic N) is 5. The second kappa shape index (κ2) is 11.6. The summed E-state index contributed by atoms with van der Waals surface area (Å²) in [5, 5.41) is 7.39. The van der Waals surface area contributed by atoms with Gasteiger partial charge in [-0.05, 0) is 37.3 Å². The molecule has 0 radical (unpaired) electrons. The van der Waals surface area contributed by atoms with Crippen molar-refractivity contribution in [2.24, 2.45) is 4.99 Å². The summed E-state index contributed by atoms with van der Waals surface area (Å²) < 4.78 is 5.88. The van der Waals surface area contributed by atoms with E-state index >= 15 is 0 Å². The van der Waals surface area contributed by atoms with E-state index in [1.165, 1.54) is 0 Å². The molecule has 162 valence electrons. The zero-order chi connectivity index (χ0) is 21.2. The Morgan fingerprint density at radius 2 is 1.83 bits per heavy atom. The number of halogens is 1. The summed E-state index contributed by atoms with van der Waals surface area (Å²) >= 11 is 5.91. The van der Waals surface area contributed by atoms with Crippen LogP contribution in [0.15, 0.2) is 47.7 Å². The van der Waals surface area contributed by atoms with Gasteiger partial charge in [0.1, 0.15) is 11.9 Å². The topological polar surface area (TPSA) is 77.9 Å². The van der Waals surface area contributed by atoms with E-state index in [1.54, 1.807) is 19.4 Å². The van der Waals surface area contributed by atoms with Gasteiger partial charge in [0.2, 0.25) is 5.95 Å². The minimum Gasteiger partial charge on any atom is -0.489 e. The van der Waals surface area contributed by atoms with Crippen LogP contribution >= 0.6 is 11.6 Å². The smallest absolute Gasteiger partial charge is 0.225 e. The van der Waals surface area contributed by atoms with Gasteiger partial charge in [0, 0.05) is 63.7 Å². The molecule has 30 heavy (non-hydrogen) atoms. The fourth-order valence-corrected chi connectivity index (χ4v) is 3.33. The molecule has 1 atom stereocenters. The van der Waals surface area contributed by atoms with Crippen LogP contribution in [0.5, 0.6) is 5.75 Å². The molecule has 3 rings (SSSR count). The molecule has 1 unspecified atom stereocenters. The van der Waals surface area contributed by atoms with Crippen molar-refractivity contribution in [3.63, 3.8) is 0 Å². The van der Waals surface area contributed by atoms with Crippen LogP contribution in [0.3, 0.4) is 0 Å². The number of nitrogens with one attached hydrogen (secondary N) is 2. The second-order valence-corrected chi connectivity index (χ2v) is 7.58. The van der Waals surface area contributed by atoms with Crippen LogP contribution in [-0.4, -0.2) is 79.8 Å². The summed E-state index contributed by atoms with van der Waals surface area (Å²) in [5.74, 6) is 2.39. The van der Waals surface area contributed by atoms with Gasteiger partial charge >= 0.3 is 0 Å². The Bertz CT molecular complexity index is 780. The number of rotatable bonds is 8. The van der Waals surface area contributed by atoms with E-state index in [2.05, 4.69) is 35.4 Å². The van der Waals surface area contributed by atoms with Gasteiger partial charge in [-0.3, -0.25) is 9.89 Å². The first-order chi connectivity index (χ1) is 14.6. The van der Waals surface area contributed by atoms with E-state index in [-0.39, 0.29) is 6.10 Å². The molecule has 8 nitrogen and oxygen atoms in total. The van der Waals surface area contributed by atoms with Gasteiger partial charge in [-0.2, -0.15) is 0 Å². The molecule has 1 aromatic carbocycles. The summed E-state index contributed by atoms with van der Waals surface area (Å²) in [6, 6.07) is 9.23. The Morgan fingerprint density at radius 1 is 1.13 bits per heavy atom. The summed E-state index contributed by atoms with van der Waals surface area (Å²) in [6.07, 6.45) is 3.58. The lowest BCUT2D eigenvalue weighted by Gasteiger charge is -2.34. The number of aromatic nitrogens is 2. The maximum atomic E-state index is 5.91. The number of aliphatic imine (C=N–C) groups is 1. The lowest BCUT2D eigenvalue weighted by Crippen LogP contribution is -2.50. The first kappa shape index (κ1) is 22.1. The second-order valence-electron chi connectivity index (χ2n) is 7.14. The number of guanidine groups is 1. The molecule has 1 saturated heterocycles. The van der Waals surface area contributed by atoms with Crippen LogP contribution in [-0.2, 0) is 0 Å². The molecule has 1 aliphatic heterocycles. The average molecular weight is 432 g/mol. The molecule has 2 N–H and O–H groups in total. The highest BCUT2D eigenvalue weighted by atomic mass is 35.5. The standard InChI is InChI=1S/C21H30ClN7O/c1-17(30-19-6-4-18(22)5-7-19)16-27-20(23-2)24-10-11-28-12-14-29(15-13-28)21-25-8-3-9-26-21/h3-9,17H,10-16H2,1-2H3,(H2,23,24,27). The molecule has 0 amide bonds. The number of benzene rings is 1. The Labute approximate surface area is 183 Å². The molecule has 0 saturated carbocycles. The molecule has 2 heterocycles. The van der Waals surface area contributed by atoms with Crippen molar-refractivity contribution in [3.8, 4) is 5.75 Å². The summed E-state index contributed by atoms with van der Waals surface area (Å²) in [4.78, 5) is 17.6. The molecule has 0 bridgehead atoms. The summed E-state index contributed by atoms with van der Waals surface area (Å²) in [7, 11) is 1.78. The minimum absolute atomic E-state index is 0.00184. The van der Waals surface area contributed by atoms with E-state index in [0.717, 1.165) is 56.9 Å². The number of hydrogen-bond donors (Lipinski definition) is 2. The van der Waals surface area contributed by atoms with Crippen molar-refractivity contribution < 1.29 is 4.74 Å². The molecule has 2 aromatic rings. The molecule has 1 fully saturated rings. The van der Waals surface area contributed by atoms with Crippen molar-refractivity contribution in [2.45, 2.75) is 13.0 Å². The predicted octanol–water partition coefficient (Wildman–Crippen LogP) is 1.88. The fraction of sp³-hybridized carbons (Fsp3) is 0.476. The van der Waals surface area contributed by atoms with Crippen LogP contribution in [0.25, 0.3) is 0 Å². The monoisotopic (exact) mass is 431 g/mol. The third kappa shape index (κ3) is 7.03.